The van der Waals surface area contributed by atoms with Gasteiger partial charge in [0, 0.05) is 0 Å². The summed E-state index contributed by atoms with van der Waals surface area (Å²) < 4.78 is 11.7. The zero-order valence-corrected chi connectivity index (χ0v) is 18.5. The molecule has 0 aliphatic carbocycles. The molecular formula is C26H28NO2P. The van der Waals surface area contributed by atoms with E-state index in [1.54, 1.807) is 0 Å². The van der Waals surface area contributed by atoms with Crippen LogP contribution >= 0.6 is 6.98 Å². The van der Waals surface area contributed by atoms with Crippen LogP contribution in [0.15, 0.2) is 95.8 Å². The van der Waals surface area contributed by atoms with Crippen LogP contribution in [0, 0.1) is 0 Å². The van der Waals surface area contributed by atoms with E-state index in [4.69, 9.17) is 9.29 Å². The second-order valence-corrected chi connectivity index (χ2v) is 12.7. The molecule has 1 aliphatic heterocycles. The molecule has 2 atom stereocenters. The average Bonchev–Trinajstić information content (AvgIpc) is 2.81. The van der Waals surface area contributed by atoms with Crippen LogP contribution in [-0.2, 0) is 9.32 Å². The van der Waals surface area contributed by atoms with Crippen LogP contribution in [0.4, 0.5) is 0 Å². The molecule has 4 heteroatoms. The van der Waals surface area contributed by atoms with E-state index in [-0.39, 0.29) is 11.3 Å². The first-order chi connectivity index (χ1) is 14.6. The number of hydrogen-bond donors (Lipinski definition) is 0. The maximum absolute atomic E-state index is 12.0. The van der Waals surface area contributed by atoms with Crippen molar-refractivity contribution in [2.24, 2.45) is 4.76 Å². The molecule has 2 unspecified atom stereocenters. The number of isocyanates is 1. The third kappa shape index (κ3) is 2.67. The predicted octanol–water partition coefficient (Wildman–Crippen LogP) is 6.08. The van der Waals surface area contributed by atoms with E-state index in [2.05, 4.69) is 50.2 Å². The van der Waals surface area contributed by atoms with Crippen LogP contribution in [0.3, 0.4) is 0 Å². The molecular weight excluding hydrogens is 389 g/mol. The molecule has 3 nitrogen and oxygen atoms in total. The Morgan fingerprint density at radius 3 is 1.87 bits per heavy atom. The Hall–Kier alpha value is -2.57. The molecule has 1 heterocycles. The Morgan fingerprint density at radius 1 is 0.900 bits per heavy atom. The Balaban J connectivity index is 2.06. The molecule has 0 radical (unpaired) electrons. The van der Waals surface area contributed by atoms with Crippen LogP contribution in [0.25, 0.3) is 0 Å². The molecule has 1 fully saturated rings. The zero-order chi connectivity index (χ0) is 21.1. The van der Waals surface area contributed by atoms with Gasteiger partial charge in [0.15, 0.2) is 0 Å². The predicted molar refractivity (Wildman–Crippen MR) is 125 cm³/mol. The second-order valence-electron chi connectivity index (χ2n) is 8.21. The van der Waals surface area contributed by atoms with Crippen molar-refractivity contribution < 1.29 is 9.32 Å². The standard InChI is InChI=1S/C26H28NO2P/c1-3-4-20-26(2)25(22-14-8-5-9-15-22)29-30(26,27-21-28,23-16-10-6-11-17-23)24-18-12-7-13-19-24/h5-19,25H,3-4,20H2,1-2H3. The summed E-state index contributed by atoms with van der Waals surface area (Å²) in [5.41, 5.74) is 1.13. The van der Waals surface area contributed by atoms with E-state index in [0.29, 0.717) is 0 Å². The molecule has 0 bridgehead atoms. The van der Waals surface area contributed by atoms with Crippen LogP contribution in [-0.4, -0.2) is 11.2 Å². The molecule has 0 spiro atoms. The molecule has 30 heavy (non-hydrogen) atoms. The fourth-order valence-electron chi connectivity index (χ4n) is 5.13. The fraction of sp³-hybridized carbons (Fsp3) is 0.269. The molecule has 154 valence electrons. The molecule has 1 aliphatic rings. The van der Waals surface area contributed by atoms with E-state index >= 15 is 0 Å². The van der Waals surface area contributed by atoms with Crippen molar-refractivity contribution >= 4 is 23.7 Å². The van der Waals surface area contributed by atoms with Crippen LogP contribution in [0.2, 0.25) is 0 Å². The van der Waals surface area contributed by atoms with Gasteiger partial charge in [0.1, 0.15) is 0 Å². The Labute approximate surface area is 178 Å². The van der Waals surface area contributed by atoms with Gasteiger partial charge in [-0.05, 0) is 0 Å². The number of nitrogens with zero attached hydrogens (tertiary/aromatic N) is 1. The van der Waals surface area contributed by atoms with E-state index in [1.807, 2.05) is 60.7 Å². The van der Waals surface area contributed by atoms with Crippen molar-refractivity contribution in [3.05, 3.63) is 96.6 Å². The quantitative estimate of drug-likeness (QED) is 0.266. The Morgan fingerprint density at radius 2 is 1.40 bits per heavy atom. The van der Waals surface area contributed by atoms with Gasteiger partial charge < -0.3 is 0 Å². The normalized spacial score (nSPS) is 25.1. The minimum absolute atomic E-state index is 0.138. The summed E-state index contributed by atoms with van der Waals surface area (Å²) in [4.78, 5) is 12.0. The third-order valence-corrected chi connectivity index (χ3v) is 12.6. The minimum atomic E-state index is -3.70. The van der Waals surface area contributed by atoms with Gasteiger partial charge in [-0.1, -0.05) is 0 Å². The molecule has 0 N–H and O–H groups in total. The van der Waals surface area contributed by atoms with Gasteiger partial charge in [0.25, 0.3) is 0 Å². The van der Waals surface area contributed by atoms with Crippen molar-refractivity contribution in [3.63, 3.8) is 0 Å². The summed E-state index contributed by atoms with van der Waals surface area (Å²) >= 11 is 0. The summed E-state index contributed by atoms with van der Waals surface area (Å²) in [7, 11) is 0. The SMILES string of the molecule is CCCCC1(C)C(c2ccccc2)OP1(N=C=O)(c1ccccc1)c1ccccc1. The van der Waals surface area contributed by atoms with Crippen molar-refractivity contribution in [3.8, 4) is 0 Å². The van der Waals surface area contributed by atoms with Crippen molar-refractivity contribution in [2.45, 2.75) is 44.4 Å². The number of rotatable bonds is 7. The van der Waals surface area contributed by atoms with E-state index in [9.17, 15) is 4.79 Å². The molecule has 0 amide bonds. The Bertz CT molecular complexity index is 1010. The van der Waals surface area contributed by atoms with Crippen molar-refractivity contribution in [1.82, 2.24) is 0 Å². The monoisotopic (exact) mass is 417 g/mol. The first-order valence-corrected chi connectivity index (χ1v) is 12.7. The first-order valence-electron chi connectivity index (χ1n) is 10.6. The summed E-state index contributed by atoms with van der Waals surface area (Å²) in [5.74, 6) is 0. The van der Waals surface area contributed by atoms with Crippen LogP contribution in [0.5, 0.6) is 0 Å². The van der Waals surface area contributed by atoms with Gasteiger partial charge in [-0.15, -0.1) is 0 Å². The topological polar surface area (TPSA) is 38.7 Å². The number of unbranched alkanes of at least 4 members (excludes halogenated alkanes) is 1. The molecule has 1 saturated heterocycles. The van der Waals surface area contributed by atoms with Crippen LogP contribution in [0.1, 0.15) is 44.8 Å². The summed E-state index contributed by atoms with van der Waals surface area (Å²) in [6, 6.07) is 30.6. The van der Waals surface area contributed by atoms with E-state index in [0.717, 1.165) is 35.4 Å². The third-order valence-electron chi connectivity index (χ3n) is 6.66. The molecule has 3 aromatic rings. The average molecular weight is 417 g/mol. The van der Waals surface area contributed by atoms with Crippen LogP contribution < -0.4 is 10.6 Å². The van der Waals surface area contributed by atoms with Crippen molar-refractivity contribution in [1.29, 1.82) is 0 Å². The fourth-order valence-corrected chi connectivity index (χ4v) is 11.0. The molecule has 3 aromatic carbocycles. The van der Waals surface area contributed by atoms with E-state index in [1.165, 1.54) is 0 Å². The molecule has 0 aromatic heterocycles. The Kier molecular flexibility index (Phi) is 5.47. The summed E-state index contributed by atoms with van der Waals surface area (Å²) in [5, 5.41) is 1.62. The number of hydrogen-bond acceptors (Lipinski definition) is 3. The summed E-state index contributed by atoms with van der Waals surface area (Å²) in [6.45, 7) is 0.767. The zero-order valence-electron chi connectivity index (χ0n) is 17.6. The van der Waals surface area contributed by atoms with Gasteiger partial charge in [-0.3, -0.25) is 0 Å². The van der Waals surface area contributed by atoms with E-state index < -0.39 is 6.98 Å². The molecule has 4 rings (SSSR count). The second kappa shape index (κ2) is 7.93. The summed E-state index contributed by atoms with van der Waals surface area (Å²) in [6.07, 6.45) is 4.84. The van der Waals surface area contributed by atoms with Crippen molar-refractivity contribution in [2.75, 3.05) is 0 Å². The van der Waals surface area contributed by atoms with Gasteiger partial charge in [0.2, 0.25) is 0 Å². The van der Waals surface area contributed by atoms with Gasteiger partial charge >= 0.3 is 179 Å². The number of carbonyl (C=O) groups excluding carboxylic acids is 1. The van der Waals surface area contributed by atoms with Gasteiger partial charge in [-0.2, -0.15) is 0 Å². The van der Waals surface area contributed by atoms with Gasteiger partial charge in [0.05, 0.1) is 0 Å². The first kappa shape index (κ1) is 20.7. The molecule has 0 saturated carbocycles. The van der Waals surface area contributed by atoms with Gasteiger partial charge in [-0.25, -0.2) is 0 Å². The maximum atomic E-state index is 12.0. The number of benzene rings is 3.